The van der Waals surface area contributed by atoms with Gasteiger partial charge in [0, 0.05) is 12.2 Å². The zero-order valence-electron chi connectivity index (χ0n) is 13.2. The number of carbonyl (C=O) groups excluding carboxylic acids is 1. The third kappa shape index (κ3) is 5.82. The molecule has 1 aromatic carbocycles. The Morgan fingerprint density at radius 3 is 2.22 bits per heavy atom. The molecule has 2 aromatic rings. The maximum atomic E-state index is 12.3. The van der Waals surface area contributed by atoms with Gasteiger partial charge in [0.2, 0.25) is 5.91 Å². The Labute approximate surface area is 149 Å². The molecule has 3 N–H and O–H groups in total. The number of nitrogens with zero attached hydrogens (tertiary/aromatic N) is 1. The summed E-state index contributed by atoms with van der Waals surface area (Å²) in [6, 6.07) is 14.9. The smallest absolute Gasteiger partial charge is 0.225 e. The van der Waals surface area contributed by atoms with Crippen molar-refractivity contribution in [3.05, 3.63) is 66.0 Å². The van der Waals surface area contributed by atoms with Crippen molar-refractivity contribution in [1.82, 2.24) is 10.3 Å². The van der Waals surface area contributed by atoms with E-state index in [4.69, 9.17) is 5.73 Å². The molecule has 6 heteroatoms. The van der Waals surface area contributed by atoms with Crippen molar-refractivity contribution < 1.29 is 4.79 Å². The van der Waals surface area contributed by atoms with Gasteiger partial charge in [-0.3, -0.25) is 9.78 Å². The number of hydrogen-bond donors (Lipinski definition) is 2. The number of pyridine rings is 1. The molecule has 0 aliphatic carbocycles. The van der Waals surface area contributed by atoms with E-state index in [9.17, 15) is 4.79 Å². The van der Waals surface area contributed by atoms with E-state index in [1.165, 1.54) is 0 Å². The van der Waals surface area contributed by atoms with Crippen LogP contribution in [0.15, 0.2) is 54.7 Å². The van der Waals surface area contributed by atoms with Crippen LogP contribution in [0.25, 0.3) is 0 Å². The number of aromatic nitrogens is 1. The zero-order valence-corrected chi connectivity index (χ0v) is 14.8. The fraction of sp³-hybridized carbons (Fsp3) is 0.294. The second-order valence-electron chi connectivity index (χ2n) is 5.21. The predicted molar refractivity (Wildman–Crippen MR) is 97.8 cm³/mol. The first-order chi connectivity index (χ1) is 10.1. The summed E-state index contributed by atoms with van der Waals surface area (Å²) in [7, 11) is 0. The summed E-state index contributed by atoms with van der Waals surface area (Å²) in [6.07, 6.45) is 1.72. The highest BCUT2D eigenvalue weighted by molar-refractivity contribution is 5.85. The van der Waals surface area contributed by atoms with Crippen molar-refractivity contribution in [1.29, 1.82) is 0 Å². The number of nitrogens with two attached hydrogens (primary N) is 1. The molecule has 0 radical (unpaired) electrons. The van der Waals surface area contributed by atoms with Crippen molar-refractivity contribution in [2.75, 3.05) is 0 Å². The highest BCUT2D eigenvalue weighted by Gasteiger charge is 2.23. The number of rotatable bonds is 5. The van der Waals surface area contributed by atoms with E-state index in [1.807, 2.05) is 62.4 Å². The minimum Gasteiger partial charge on any atom is -0.348 e. The first kappa shape index (κ1) is 21.4. The molecule has 0 aliphatic heterocycles. The summed E-state index contributed by atoms with van der Waals surface area (Å²) in [4.78, 5) is 16.6. The molecule has 0 spiro atoms. The Kier molecular flexibility index (Phi) is 9.49. The SMILES string of the molecule is CC(NC(=O)C(C)C(N)c1ccccc1)c1ccccn1.Cl.Cl. The average Bonchev–Trinajstić information content (AvgIpc) is 2.55. The zero-order chi connectivity index (χ0) is 15.2. The molecular weight excluding hydrogens is 333 g/mol. The number of carbonyl (C=O) groups is 1. The van der Waals surface area contributed by atoms with E-state index in [2.05, 4.69) is 10.3 Å². The third-order valence-corrected chi connectivity index (χ3v) is 3.63. The fourth-order valence-corrected chi connectivity index (χ4v) is 2.18. The second kappa shape index (κ2) is 10.2. The first-order valence-corrected chi connectivity index (χ1v) is 7.11. The topological polar surface area (TPSA) is 68.0 Å². The standard InChI is InChI=1S/C17H21N3O.2ClH/c1-12(16(18)14-8-4-3-5-9-14)17(21)20-13(2)15-10-6-7-11-19-15;;/h3-13,16H,18H2,1-2H3,(H,20,21);2*1H. The molecule has 2 rings (SSSR count). The quantitative estimate of drug-likeness (QED) is 0.862. The monoisotopic (exact) mass is 355 g/mol. The Morgan fingerprint density at radius 2 is 1.65 bits per heavy atom. The van der Waals surface area contributed by atoms with Crippen molar-refractivity contribution in [3.63, 3.8) is 0 Å². The van der Waals surface area contributed by atoms with E-state index in [0.29, 0.717) is 0 Å². The van der Waals surface area contributed by atoms with Crippen molar-refractivity contribution in [2.24, 2.45) is 11.7 Å². The van der Waals surface area contributed by atoms with Gasteiger partial charge in [-0.2, -0.15) is 0 Å². The van der Waals surface area contributed by atoms with Crippen LogP contribution >= 0.6 is 24.8 Å². The molecule has 4 nitrogen and oxygen atoms in total. The maximum Gasteiger partial charge on any atom is 0.225 e. The van der Waals surface area contributed by atoms with Crippen molar-refractivity contribution in [3.8, 4) is 0 Å². The molecule has 3 atom stereocenters. The van der Waals surface area contributed by atoms with Crippen LogP contribution in [0.3, 0.4) is 0 Å². The molecular formula is C17H23Cl2N3O. The molecule has 0 saturated carbocycles. The lowest BCUT2D eigenvalue weighted by Gasteiger charge is -2.22. The Bertz CT molecular complexity index is 581. The van der Waals surface area contributed by atoms with Gasteiger partial charge in [-0.15, -0.1) is 24.8 Å². The van der Waals surface area contributed by atoms with Gasteiger partial charge in [-0.25, -0.2) is 0 Å². The summed E-state index contributed by atoms with van der Waals surface area (Å²) in [5.74, 6) is -0.372. The number of hydrogen-bond acceptors (Lipinski definition) is 3. The molecule has 1 aromatic heterocycles. The second-order valence-corrected chi connectivity index (χ2v) is 5.21. The molecule has 3 unspecified atom stereocenters. The van der Waals surface area contributed by atoms with Crippen LogP contribution in [0.1, 0.15) is 37.2 Å². The molecule has 1 heterocycles. The maximum absolute atomic E-state index is 12.3. The van der Waals surface area contributed by atoms with Gasteiger partial charge in [0.25, 0.3) is 0 Å². The van der Waals surface area contributed by atoms with Crippen LogP contribution in [0, 0.1) is 5.92 Å². The van der Waals surface area contributed by atoms with E-state index in [1.54, 1.807) is 6.20 Å². The summed E-state index contributed by atoms with van der Waals surface area (Å²) < 4.78 is 0. The Hall–Kier alpha value is -1.62. The summed E-state index contributed by atoms with van der Waals surface area (Å²) in [5.41, 5.74) is 7.98. The highest BCUT2D eigenvalue weighted by atomic mass is 35.5. The number of benzene rings is 1. The lowest BCUT2D eigenvalue weighted by Crippen LogP contribution is -2.37. The summed E-state index contributed by atoms with van der Waals surface area (Å²) in [6.45, 7) is 3.76. The van der Waals surface area contributed by atoms with E-state index in [-0.39, 0.29) is 48.7 Å². The molecule has 0 fully saturated rings. The summed E-state index contributed by atoms with van der Waals surface area (Å²) >= 11 is 0. The lowest BCUT2D eigenvalue weighted by molar-refractivity contribution is -0.125. The van der Waals surface area contributed by atoms with Crippen LogP contribution in [-0.4, -0.2) is 10.9 Å². The molecule has 1 amide bonds. The van der Waals surface area contributed by atoms with Crippen molar-refractivity contribution in [2.45, 2.75) is 25.9 Å². The first-order valence-electron chi connectivity index (χ1n) is 7.11. The number of nitrogens with one attached hydrogen (secondary N) is 1. The van der Waals surface area contributed by atoms with Crippen LogP contribution in [-0.2, 0) is 4.79 Å². The minimum atomic E-state index is -0.317. The molecule has 126 valence electrons. The number of amides is 1. The normalized spacial score (nSPS) is 13.7. The van der Waals surface area contributed by atoms with Gasteiger partial charge >= 0.3 is 0 Å². The van der Waals surface area contributed by atoms with E-state index < -0.39 is 0 Å². The van der Waals surface area contributed by atoms with E-state index in [0.717, 1.165) is 11.3 Å². The van der Waals surface area contributed by atoms with Gasteiger partial charge < -0.3 is 11.1 Å². The molecule has 0 saturated heterocycles. The predicted octanol–water partition coefficient (Wildman–Crippen LogP) is 3.44. The highest BCUT2D eigenvalue weighted by Crippen LogP contribution is 2.20. The Morgan fingerprint density at radius 1 is 1.04 bits per heavy atom. The van der Waals surface area contributed by atoms with Gasteiger partial charge in [0.1, 0.15) is 0 Å². The minimum absolute atomic E-state index is 0. The molecule has 23 heavy (non-hydrogen) atoms. The Balaban J connectivity index is 0.00000242. The van der Waals surface area contributed by atoms with Crippen LogP contribution in [0.4, 0.5) is 0 Å². The molecule has 0 bridgehead atoms. The van der Waals surface area contributed by atoms with E-state index >= 15 is 0 Å². The largest absolute Gasteiger partial charge is 0.348 e. The average molecular weight is 356 g/mol. The van der Waals surface area contributed by atoms with Crippen LogP contribution in [0.5, 0.6) is 0 Å². The molecule has 0 aliphatic rings. The van der Waals surface area contributed by atoms with Gasteiger partial charge in [0.15, 0.2) is 0 Å². The third-order valence-electron chi connectivity index (χ3n) is 3.63. The van der Waals surface area contributed by atoms with Gasteiger partial charge in [0.05, 0.1) is 17.7 Å². The number of halogens is 2. The summed E-state index contributed by atoms with van der Waals surface area (Å²) in [5, 5.41) is 2.97. The van der Waals surface area contributed by atoms with Crippen LogP contribution in [0.2, 0.25) is 0 Å². The lowest BCUT2D eigenvalue weighted by atomic mass is 9.94. The van der Waals surface area contributed by atoms with Crippen molar-refractivity contribution >= 4 is 30.7 Å². The fourth-order valence-electron chi connectivity index (χ4n) is 2.18. The van der Waals surface area contributed by atoms with Gasteiger partial charge in [-0.05, 0) is 24.6 Å². The van der Waals surface area contributed by atoms with Gasteiger partial charge in [-0.1, -0.05) is 43.3 Å². The van der Waals surface area contributed by atoms with Crippen LogP contribution < -0.4 is 11.1 Å².